The Morgan fingerprint density at radius 1 is 0.926 bits per heavy atom. The van der Waals surface area contributed by atoms with Gasteiger partial charge in [-0.15, -0.1) is 0 Å². The molecule has 0 saturated heterocycles. The van der Waals surface area contributed by atoms with Crippen molar-refractivity contribution in [3.63, 3.8) is 0 Å². The molecule has 0 heterocycles. The lowest BCUT2D eigenvalue weighted by atomic mass is 10.2. The standard InChI is InChI=1S/C20H24N2O5/c1-5-26-17-9-7-14(11-18(17)25-4)13-21-22-20(23)15-8-10-16(24-3)19(12-15)27-6-2/h7-13H,5-6H2,1-4H3,(H,22,23)/b21-13+. The second kappa shape index (κ2) is 10.1. The maximum Gasteiger partial charge on any atom is 0.271 e. The van der Waals surface area contributed by atoms with Gasteiger partial charge in [-0.3, -0.25) is 4.79 Å². The first kappa shape index (κ1) is 20.1. The maximum atomic E-state index is 12.3. The number of benzene rings is 2. The van der Waals surface area contributed by atoms with Crippen molar-refractivity contribution >= 4 is 12.1 Å². The van der Waals surface area contributed by atoms with E-state index in [1.54, 1.807) is 44.6 Å². The smallest absolute Gasteiger partial charge is 0.271 e. The number of ether oxygens (including phenoxy) is 4. The third-order valence-electron chi connectivity index (χ3n) is 3.59. The second-order valence-corrected chi connectivity index (χ2v) is 5.34. The molecule has 1 amide bonds. The van der Waals surface area contributed by atoms with Crippen molar-refractivity contribution in [3.8, 4) is 23.0 Å². The van der Waals surface area contributed by atoms with Crippen LogP contribution in [0, 0.1) is 0 Å². The number of methoxy groups -OCH3 is 2. The van der Waals surface area contributed by atoms with E-state index in [2.05, 4.69) is 10.5 Å². The summed E-state index contributed by atoms with van der Waals surface area (Å²) in [7, 11) is 3.12. The van der Waals surface area contributed by atoms with Crippen molar-refractivity contribution in [3.05, 3.63) is 47.5 Å². The lowest BCUT2D eigenvalue weighted by molar-refractivity contribution is 0.0954. The van der Waals surface area contributed by atoms with Gasteiger partial charge in [0.25, 0.3) is 5.91 Å². The van der Waals surface area contributed by atoms with Gasteiger partial charge in [0.1, 0.15) is 0 Å². The molecule has 0 saturated carbocycles. The molecule has 0 aliphatic carbocycles. The average molecular weight is 372 g/mol. The normalized spacial score (nSPS) is 10.5. The highest BCUT2D eigenvalue weighted by molar-refractivity contribution is 5.95. The minimum absolute atomic E-state index is 0.354. The minimum Gasteiger partial charge on any atom is -0.493 e. The summed E-state index contributed by atoms with van der Waals surface area (Å²) in [5.74, 6) is 1.98. The van der Waals surface area contributed by atoms with Crippen LogP contribution in [0.1, 0.15) is 29.8 Å². The fourth-order valence-corrected chi connectivity index (χ4v) is 2.36. The number of hydrogen-bond acceptors (Lipinski definition) is 6. The predicted octanol–water partition coefficient (Wildman–Crippen LogP) is 3.27. The molecule has 0 aromatic heterocycles. The van der Waals surface area contributed by atoms with E-state index < -0.39 is 0 Å². The Labute approximate surface area is 158 Å². The molecule has 0 unspecified atom stereocenters. The Morgan fingerprint density at radius 2 is 1.59 bits per heavy atom. The number of nitrogens with zero attached hydrogens (tertiary/aromatic N) is 1. The Hall–Kier alpha value is -3.22. The molecule has 1 N–H and O–H groups in total. The summed E-state index contributed by atoms with van der Waals surface area (Å²) < 4.78 is 21.5. The summed E-state index contributed by atoms with van der Waals surface area (Å²) in [5.41, 5.74) is 3.68. The maximum absolute atomic E-state index is 12.3. The van der Waals surface area contributed by atoms with Crippen LogP contribution in [0.15, 0.2) is 41.5 Å². The zero-order valence-electron chi connectivity index (χ0n) is 15.9. The monoisotopic (exact) mass is 372 g/mol. The van der Waals surface area contributed by atoms with E-state index in [4.69, 9.17) is 18.9 Å². The molecule has 0 radical (unpaired) electrons. The summed E-state index contributed by atoms with van der Waals surface area (Å²) >= 11 is 0. The number of carbonyl (C=O) groups excluding carboxylic acids is 1. The van der Waals surface area contributed by atoms with Crippen LogP contribution >= 0.6 is 0 Å². The third-order valence-corrected chi connectivity index (χ3v) is 3.59. The summed E-state index contributed by atoms with van der Waals surface area (Å²) in [6.07, 6.45) is 1.53. The molecule has 27 heavy (non-hydrogen) atoms. The van der Waals surface area contributed by atoms with Crippen molar-refractivity contribution in [2.24, 2.45) is 5.10 Å². The Balaban J connectivity index is 2.07. The van der Waals surface area contributed by atoms with Crippen LogP contribution in [0.4, 0.5) is 0 Å². The van der Waals surface area contributed by atoms with Crippen LogP contribution in [-0.4, -0.2) is 39.6 Å². The van der Waals surface area contributed by atoms with Crippen molar-refractivity contribution < 1.29 is 23.7 Å². The predicted molar refractivity (Wildman–Crippen MR) is 103 cm³/mol. The molecular formula is C20H24N2O5. The van der Waals surface area contributed by atoms with E-state index >= 15 is 0 Å². The SMILES string of the molecule is CCOc1ccc(/C=N/NC(=O)c2ccc(OC)c(OCC)c2)cc1OC. The highest BCUT2D eigenvalue weighted by atomic mass is 16.5. The van der Waals surface area contributed by atoms with Crippen molar-refractivity contribution in [2.45, 2.75) is 13.8 Å². The van der Waals surface area contributed by atoms with Gasteiger partial charge in [0.15, 0.2) is 23.0 Å². The summed E-state index contributed by atoms with van der Waals surface area (Å²) in [6.45, 7) is 4.78. The van der Waals surface area contributed by atoms with Gasteiger partial charge in [-0.05, 0) is 55.8 Å². The van der Waals surface area contributed by atoms with Gasteiger partial charge in [-0.1, -0.05) is 0 Å². The highest BCUT2D eigenvalue weighted by Crippen LogP contribution is 2.28. The molecule has 2 aromatic rings. The van der Waals surface area contributed by atoms with Crippen LogP contribution < -0.4 is 24.4 Å². The van der Waals surface area contributed by atoms with Gasteiger partial charge < -0.3 is 18.9 Å². The minimum atomic E-state index is -0.354. The molecular weight excluding hydrogens is 348 g/mol. The van der Waals surface area contributed by atoms with E-state index in [0.717, 1.165) is 5.56 Å². The van der Waals surface area contributed by atoms with Crippen molar-refractivity contribution in [2.75, 3.05) is 27.4 Å². The molecule has 144 valence electrons. The summed E-state index contributed by atoms with van der Waals surface area (Å²) in [6, 6.07) is 10.3. The van der Waals surface area contributed by atoms with Crippen LogP contribution in [0.3, 0.4) is 0 Å². The lowest BCUT2D eigenvalue weighted by Gasteiger charge is -2.10. The van der Waals surface area contributed by atoms with Crippen LogP contribution in [0.5, 0.6) is 23.0 Å². The quantitative estimate of drug-likeness (QED) is 0.540. The van der Waals surface area contributed by atoms with Gasteiger partial charge in [0, 0.05) is 5.56 Å². The van der Waals surface area contributed by atoms with E-state index in [-0.39, 0.29) is 5.91 Å². The molecule has 0 aliphatic rings. The average Bonchev–Trinajstić information content (AvgIpc) is 2.69. The Bertz CT molecular complexity index is 805. The van der Waals surface area contributed by atoms with Gasteiger partial charge in [-0.2, -0.15) is 5.10 Å². The van der Waals surface area contributed by atoms with E-state index in [1.165, 1.54) is 6.21 Å². The van der Waals surface area contributed by atoms with Gasteiger partial charge in [0.05, 0.1) is 33.6 Å². The van der Waals surface area contributed by atoms with E-state index in [9.17, 15) is 4.79 Å². The molecule has 0 bridgehead atoms. The molecule has 7 nitrogen and oxygen atoms in total. The Kier molecular flexibility index (Phi) is 7.49. The first-order chi connectivity index (χ1) is 13.1. The lowest BCUT2D eigenvalue weighted by Crippen LogP contribution is -2.17. The van der Waals surface area contributed by atoms with E-state index in [0.29, 0.717) is 41.8 Å². The molecule has 0 spiro atoms. The topological polar surface area (TPSA) is 78.4 Å². The number of carbonyl (C=O) groups is 1. The van der Waals surface area contributed by atoms with Gasteiger partial charge in [-0.25, -0.2) is 5.43 Å². The van der Waals surface area contributed by atoms with Crippen LogP contribution in [0.2, 0.25) is 0 Å². The first-order valence-corrected chi connectivity index (χ1v) is 8.58. The zero-order valence-corrected chi connectivity index (χ0v) is 15.9. The van der Waals surface area contributed by atoms with Gasteiger partial charge in [0.2, 0.25) is 0 Å². The molecule has 7 heteroatoms. The number of rotatable bonds is 9. The number of hydrazone groups is 1. The summed E-state index contributed by atoms with van der Waals surface area (Å²) in [5, 5.41) is 3.99. The largest absolute Gasteiger partial charge is 0.493 e. The van der Waals surface area contributed by atoms with Crippen molar-refractivity contribution in [1.29, 1.82) is 0 Å². The molecule has 0 aliphatic heterocycles. The van der Waals surface area contributed by atoms with Gasteiger partial charge >= 0.3 is 0 Å². The fourth-order valence-electron chi connectivity index (χ4n) is 2.36. The van der Waals surface area contributed by atoms with E-state index in [1.807, 2.05) is 19.9 Å². The zero-order chi connectivity index (χ0) is 19.6. The van der Waals surface area contributed by atoms with Crippen LogP contribution in [-0.2, 0) is 0 Å². The first-order valence-electron chi connectivity index (χ1n) is 8.58. The fraction of sp³-hybridized carbons (Fsp3) is 0.300. The van der Waals surface area contributed by atoms with Crippen LogP contribution in [0.25, 0.3) is 0 Å². The third kappa shape index (κ3) is 5.37. The molecule has 0 atom stereocenters. The second-order valence-electron chi connectivity index (χ2n) is 5.34. The Morgan fingerprint density at radius 3 is 2.26 bits per heavy atom. The highest BCUT2D eigenvalue weighted by Gasteiger charge is 2.10. The number of nitrogens with one attached hydrogen (secondary N) is 1. The molecule has 2 rings (SSSR count). The number of amides is 1. The molecule has 0 fully saturated rings. The molecule has 2 aromatic carbocycles. The number of hydrogen-bond donors (Lipinski definition) is 1. The summed E-state index contributed by atoms with van der Waals surface area (Å²) in [4.78, 5) is 12.3. The van der Waals surface area contributed by atoms with Crippen molar-refractivity contribution in [1.82, 2.24) is 5.43 Å².